The fourth-order valence-corrected chi connectivity index (χ4v) is 4.15. The molecule has 0 N–H and O–H groups in total. The molecule has 1 amide bonds. The SMILES string of the molecule is CCCn1cnnc1CN(C)C(=O)[C@H]1CCS(=O)(=O)C1. The molecular weight excluding hydrogens is 280 g/mol. The van der Waals surface area contributed by atoms with E-state index in [9.17, 15) is 13.2 Å². The lowest BCUT2D eigenvalue weighted by Gasteiger charge is -2.20. The van der Waals surface area contributed by atoms with E-state index in [1.54, 1.807) is 18.3 Å². The summed E-state index contributed by atoms with van der Waals surface area (Å²) in [5.74, 6) is 0.273. The Morgan fingerprint density at radius 2 is 2.30 bits per heavy atom. The highest BCUT2D eigenvalue weighted by atomic mass is 32.2. The van der Waals surface area contributed by atoms with Gasteiger partial charge < -0.3 is 9.47 Å². The molecule has 0 aliphatic carbocycles. The Labute approximate surface area is 118 Å². The summed E-state index contributed by atoms with van der Waals surface area (Å²) in [6.45, 7) is 3.22. The van der Waals surface area contributed by atoms with Crippen molar-refractivity contribution in [1.29, 1.82) is 0 Å². The molecule has 1 saturated heterocycles. The number of nitrogens with zero attached hydrogens (tertiary/aromatic N) is 4. The van der Waals surface area contributed by atoms with Crippen LogP contribution in [0.25, 0.3) is 0 Å². The molecule has 2 heterocycles. The molecule has 1 aliphatic rings. The van der Waals surface area contributed by atoms with Gasteiger partial charge in [0.2, 0.25) is 5.91 Å². The lowest BCUT2D eigenvalue weighted by atomic mass is 10.1. The number of aromatic nitrogens is 3. The molecule has 1 atom stereocenters. The molecule has 1 aromatic heterocycles. The molecule has 1 fully saturated rings. The zero-order valence-corrected chi connectivity index (χ0v) is 12.6. The Balaban J connectivity index is 1.99. The lowest BCUT2D eigenvalue weighted by molar-refractivity contribution is -0.134. The number of hydrogen-bond donors (Lipinski definition) is 0. The Morgan fingerprint density at radius 3 is 2.90 bits per heavy atom. The number of sulfone groups is 1. The fourth-order valence-electron chi connectivity index (χ4n) is 2.42. The summed E-state index contributed by atoms with van der Waals surface area (Å²) >= 11 is 0. The van der Waals surface area contributed by atoms with Crippen molar-refractivity contribution in [2.75, 3.05) is 18.6 Å². The monoisotopic (exact) mass is 300 g/mol. The van der Waals surface area contributed by atoms with Gasteiger partial charge in [0, 0.05) is 13.6 Å². The summed E-state index contributed by atoms with van der Waals surface area (Å²) < 4.78 is 24.8. The van der Waals surface area contributed by atoms with Crippen molar-refractivity contribution in [3.05, 3.63) is 12.2 Å². The van der Waals surface area contributed by atoms with Gasteiger partial charge in [-0.1, -0.05) is 6.92 Å². The molecule has 1 aliphatic heterocycles. The Morgan fingerprint density at radius 1 is 1.55 bits per heavy atom. The van der Waals surface area contributed by atoms with Crippen molar-refractivity contribution in [3.8, 4) is 0 Å². The minimum Gasteiger partial charge on any atom is -0.338 e. The second-order valence-corrected chi connectivity index (χ2v) is 7.46. The van der Waals surface area contributed by atoms with Gasteiger partial charge in [-0.05, 0) is 12.8 Å². The normalized spacial score (nSPS) is 21.0. The maximum atomic E-state index is 12.2. The summed E-state index contributed by atoms with van der Waals surface area (Å²) in [4.78, 5) is 13.8. The second kappa shape index (κ2) is 5.90. The topological polar surface area (TPSA) is 85.2 Å². The van der Waals surface area contributed by atoms with Crippen LogP contribution in [0.3, 0.4) is 0 Å². The van der Waals surface area contributed by atoms with E-state index in [0.29, 0.717) is 13.0 Å². The van der Waals surface area contributed by atoms with E-state index in [1.165, 1.54) is 0 Å². The first-order valence-electron chi connectivity index (χ1n) is 6.75. The van der Waals surface area contributed by atoms with Crippen LogP contribution in [0.1, 0.15) is 25.6 Å². The maximum Gasteiger partial charge on any atom is 0.226 e. The summed E-state index contributed by atoms with van der Waals surface area (Å²) in [6, 6.07) is 0. The van der Waals surface area contributed by atoms with Crippen LogP contribution in [0.15, 0.2) is 6.33 Å². The molecule has 1 aromatic rings. The first-order chi connectivity index (χ1) is 9.43. The molecule has 0 saturated carbocycles. The van der Waals surface area contributed by atoms with E-state index < -0.39 is 15.8 Å². The van der Waals surface area contributed by atoms with Gasteiger partial charge in [0.1, 0.15) is 6.33 Å². The fraction of sp³-hybridized carbons (Fsp3) is 0.750. The summed E-state index contributed by atoms with van der Waals surface area (Å²) in [5.41, 5.74) is 0. The van der Waals surface area contributed by atoms with E-state index in [4.69, 9.17) is 0 Å². The highest BCUT2D eigenvalue weighted by Gasteiger charge is 2.34. The third-order valence-corrected chi connectivity index (χ3v) is 5.26. The number of carbonyl (C=O) groups excluding carboxylic acids is 1. The van der Waals surface area contributed by atoms with Crippen molar-refractivity contribution in [2.45, 2.75) is 32.9 Å². The Kier molecular flexibility index (Phi) is 4.42. The minimum atomic E-state index is -3.03. The molecule has 0 unspecified atom stereocenters. The van der Waals surface area contributed by atoms with Crippen LogP contribution >= 0.6 is 0 Å². The second-order valence-electron chi connectivity index (χ2n) is 5.23. The molecular formula is C12H20N4O3S. The van der Waals surface area contributed by atoms with E-state index in [2.05, 4.69) is 17.1 Å². The van der Waals surface area contributed by atoms with Crippen molar-refractivity contribution < 1.29 is 13.2 Å². The quantitative estimate of drug-likeness (QED) is 0.769. The van der Waals surface area contributed by atoms with Crippen molar-refractivity contribution in [2.24, 2.45) is 5.92 Å². The Bertz CT molecular complexity index is 581. The summed E-state index contributed by atoms with van der Waals surface area (Å²) in [6.07, 6.45) is 3.04. The molecule has 0 aromatic carbocycles. The van der Waals surface area contributed by atoms with Gasteiger partial charge in [-0.15, -0.1) is 10.2 Å². The number of aryl methyl sites for hydroxylation is 1. The van der Waals surface area contributed by atoms with Gasteiger partial charge in [-0.25, -0.2) is 8.42 Å². The van der Waals surface area contributed by atoms with Crippen LogP contribution in [-0.2, 0) is 27.7 Å². The number of hydrogen-bond acceptors (Lipinski definition) is 5. The third kappa shape index (κ3) is 3.36. The minimum absolute atomic E-state index is 0.0299. The van der Waals surface area contributed by atoms with E-state index in [0.717, 1.165) is 18.8 Å². The number of carbonyl (C=O) groups is 1. The predicted octanol–water partition coefficient (Wildman–Crippen LogP) is 0.0812. The molecule has 0 radical (unpaired) electrons. The molecule has 112 valence electrons. The molecule has 20 heavy (non-hydrogen) atoms. The van der Waals surface area contributed by atoms with Crippen LogP contribution < -0.4 is 0 Å². The van der Waals surface area contributed by atoms with Gasteiger partial charge in [-0.2, -0.15) is 0 Å². The zero-order chi connectivity index (χ0) is 14.8. The number of rotatable bonds is 5. The van der Waals surface area contributed by atoms with Gasteiger partial charge in [0.05, 0.1) is 24.0 Å². The third-order valence-electron chi connectivity index (χ3n) is 3.50. The standard InChI is InChI=1S/C12H20N4O3S/c1-3-5-16-9-13-14-11(16)7-15(2)12(17)10-4-6-20(18,19)8-10/h9-10H,3-8H2,1-2H3/t10-/m0/s1. The van der Waals surface area contributed by atoms with E-state index in [1.807, 2.05) is 4.57 Å². The average molecular weight is 300 g/mol. The van der Waals surface area contributed by atoms with Crippen LogP contribution in [0.4, 0.5) is 0 Å². The smallest absolute Gasteiger partial charge is 0.226 e. The average Bonchev–Trinajstić information content (AvgIpc) is 2.96. The van der Waals surface area contributed by atoms with Gasteiger partial charge in [0.25, 0.3) is 0 Å². The molecule has 2 rings (SSSR count). The highest BCUT2D eigenvalue weighted by Crippen LogP contribution is 2.20. The van der Waals surface area contributed by atoms with Crippen LogP contribution in [-0.4, -0.2) is 52.5 Å². The summed E-state index contributed by atoms with van der Waals surface area (Å²) in [7, 11) is -1.35. The number of amides is 1. The van der Waals surface area contributed by atoms with Crippen LogP contribution in [0.2, 0.25) is 0 Å². The first kappa shape index (κ1) is 15.0. The molecule has 8 heteroatoms. The first-order valence-corrected chi connectivity index (χ1v) is 8.57. The predicted molar refractivity (Wildman–Crippen MR) is 73.5 cm³/mol. The van der Waals surface area contributed by atoms with Crippen LogP contribution in [0, 0.1) is 5.92 Å². The largest absolute Gasteiger partial charge is 0.338 e. The van der Waals surface area contributed by atoms with E-state index >= 15 is 0 Å². The van der Waals surface area contributed by atoms with Crippen molar-refractivity contribution in [1.82, 2.24) is 19.7 Å². The van der Waals surface area contributed by atoms with Gasteiger partial charge >= 0.3 is 0 Å². The van der Waals surface area contributed by atoms with Gasteiger partial charge in [0.15, 0.2) is 15.7 Å². The lowest BCUT2D eigenvalue weighted by Crippen LogP contribution is -2.34. The van der Waals surface area contributed by atoms with Crippen molar-refractivity contribution >= 4 is 15.7 Å². The zero-order valence-electron chi connectivity index (χ0n) is 11.8. The van der Waals surface area contributed by atoms with E-state index in [-0.39, 0.29) is 17.4 Å². The van der Waals surface area contributed by atoms with Gasteiger partial charge in [-0.3, -0.25) is 4.79 Å². The van der Waals surface area contributed by atoms with Crippen molar-refractivity contribution in [3.63, 3.8) is 0 Å². The Hall–Kier alpha value is -1.44. The maximum absolute atomic E-state index is 12.2. The van der Waals surface area contributed by atoms with Crippen LogP contribution in [0.5, 0.6) is 0 Å². The highest BCUT2D eigenvalue weighted by molar-refractivity contribution is 7.91. The molecule has 0 bridgehead atoms. The molecule has 0 spiro atoms. The summed E-state index contributed by atoms with van der Waals surface area (Å²) in [5, 5.41) is 7.87. The molecule has 7 nitrogen and oxygen atoms in total.